The van der Waals surface area contributed by atoms with Crippen molar-refractivity contribution in [2.24, 2.45) is 0 Å². The molecule has 1 N–H and O–H groups in total. The number of hydrogen-bond donors (Lipinski definition) is 1. The molecule has 2 nitrogen and oxygen atoms in total. The molecule has 4 heteroatoms. The van der Waals surface area contributed by atoms with Gasteiger partial charge in [0.2, 0.25) is 0 Å². The maximum absolute atomic E-state index is 13.7. The van der Waals surface area contributed by atoms with Gasteiger partial charge in [0.05, 0.1) is 6.61 Å². The summed E-state index contributed by atoms with van der Waals surface area (Å²) in [5.74, 6) is 1.37. The van der Waals surface area contributed by atoms with Crippen molar-refractivity contribution in [3.8, 4) is 23.2 Å². The zero-order valence-corrected chi connectivity index (χ0v) is 12.4. The lowest BCUT2D eigenvalue weighted by molar-refractivity contribution is 0.120. The monoisotopic (exact) mass is 302 g/mol. The highest BCUT2D eigenvalue weighted by atomic mass is 19.1. The van der Waals surface area contributed by atoms with Gasteiger partial charge in [0.25, 0.3) is 0 Å². The number of rotatable bonds is 3. The van der Waals surface area contributed by atoms with E-state index >= 15 is 0 Å². The van der Waals surface area contributed by atoms with Crippen molar-refractivity contribution in [1.29, 1.82) is 0 Å². The van der Waals surface area contributed by atoms with Gasteiger partial charge in [-0.25, -0.2) is 8.78 Å². The van der Waals surface area contributed by atoms with Crippen molar-refractivity contribution in [2.45, 2.75) is 19.4 Å². The van der Waals surface area contributed by atoms with Crippen LogP contribution in [0.5, 0.6) is 0 Å². The van der Waals surface area contributed by atoms with Crippen molar-refractivity contribution in [3.05, 3.63) is 59.7 Å². The third kappa shape index (κ3) is 3.63. The average molecular weight is 302 g/mol. The molecule has 22 heavy (non-hydrogen) atoms. The van der Waals surface area contributed by atoms with Crippen LogP contribution in [0.15, 0.2) is 42.5 Å². The maximum atomic E-state index is 13.7. The Kier molecular flexibility index (Phi) is 4.79. The van der Waals surface area contributed by atoms with Crippen molar-refractivity contribution in [2.75, 3.05) is 6.61 Å². The summed E-state index contributed by atoms with van der Waals surface area (Å²) >= 11 is 0. The van der Waals surface area contributed by atoms with Crippen LogP contribution >= 0.6 is 0 Å². The summed E-state index contributed by atoms with van der Waals surface area (Å²) in [7, 11) is 0. The van der Waals surface area contributed by atoms with Gasteiger partial charge < -0.3 is 9.84 Å². The lowest BCUT2D eigenvalue weighted by Gasteiger charge is -2.17. The number of halogens is 2. The van der Waals surface area contributed by atoms with E-state index in [1.54, 1.807) is 38.1 Å². The van der Waals surface area contributed by atoms with Crippen molar-refractivity contribution >= 4 is 0 Å². The van der Waals surface area contributed by atoms with Crippen LogP contribution in [0.4, 0.5) is 8.78 Å². The minimum absolute atomic E-state index is 0.299. The van der Waals surface area contributed by atoms with E-state index in [0.717, 1.165) is 6.07 Å². The second kappa shape index (κ2) is 6.59. The first-order valence-electron chi connectivity index (χ1n) is 6.86. The van der Waals surface area contributed by atoms with Gasteiger partial charge in [-0.1, -0.05) is 24.3 Å². The van der Waals surface area contributed by atoms with Crippen LogP contribution in [0, 0.1) is 23.7 Å². The fourth-order valence-electron chi connectivity index (χ4n) is 1.98. The second-order valence-corrected chi connectivity index (χ2v) is 4.93. The first kappa shape index (κ1) is 16.0. The van der Waals surface area contributed by atoms with Gasteiger partial charge >= 0.3 is 0 Å². The molecule has 0 amide bonds. The SMILES string of the molecule is CCOC#CC(C)(O)c1ccc(-c2ccc(F)cc2F)cc1. The van der Waals surface area contributed by atoms with E-state index < -0.39 is 17.2 Å². The van der Waals surface area contributed by atoms with Gasteiger partial charge in [-0.05, 0) is 43.0 Å². The van der Waals surface area contributed by atoms with E-state index in [2.05, 4.69) is 12.0 Å². The molecule has 0 aliphatic rings. The average Bonchev–Trinajstić information content (AvgIpc) is 2.47. The number of ether oxygens (including phenoxy) is 1. The van der Waals surface area contributed by atoms with Gasteiger partial charge in [-0.2, -0.15) is 0 Å². The Morgan fingerprint density at radius 2 is 1.82 bits per heavy atom. The van der Waals surface area contributed by atoms with E-state index in [1.807, 2.05) is 0 Å². The molecule has 1 unspecified atom stereocenters. The molecule has 0 spiro atoms. The first-order chi connectivity index (χ1) is 10.4. The fourth-order valence-corrected chi connectivity index (χ4v) is 1.98. The van der Waals surface area contributed by atoms with Crippen LogP contribution in [0.2, 0.25) is 0 Å². The Labute approximate surface area is 128 Å². The molecule has 0 bridgehead atoms. The zero-order chi connectivity index (χ0) is 16.2. The Morgan fingerprint density at radius 1 is 1.14 bits per heavy atom. The Hall–Kier alpha value is -2.38. The van der Waals surface area contributed by atoms with Gasteiger partial charge in [0.1, 0.15) is 17.7 Å². The first-order valence-corrected chi connectivity index (χ1v) is 6.86. The fraction of sp³-hybridized carbons (Fsp3) is 0.222. The summed E-state index contributed by atoms with van der Waals surface area (Å²) in [5, 5.41) is 10.3. The Morgan fingerprint density at radius 3 is 2.41 bits per heavy atom. The molecule has 0 aromatic heterocycles. The smallest absolute Gasteiger partial charge is 0.151 e. The minimum Gasteiger partial charge on any atom is -0.447 e. The summed E-state index contributed by atoms with van der Waals surface area (Å²) < 4.78 is 31.6. The topological polar surface area (TPSA) is 29.5 Å². The highest BCUT2D eigenvalue weighted by molar-refractivity contribution is 5.64. The molecule has 0 radical (unpaired) electrons. The predicted molar refractivity (Wildman–Crippen MR) is 80.8 cm³/mol. The molecule has 2 aromatic rings. The third-order valence-corrected chi connectivity index (χ3v) is 3.20. The summed E-state index contributed by atoms with van der Waals surface area (Å²) in [6.07, 6.45) is 2.43. The van der Waals surface area contributed by atoms with Crippen LogP contribution in [0.1, 0.15) is 19.4 Å². The number of benzene rings is 2. The van der Waals surface area contributed by atoms with E-state index in [9.17, 15) is 13.9 Å². The van der Waals surface area contributed by atoms with Crippen LogP contribution in [0.25, 0.3) is 11.1 Å². The largest absolute Gasteiger partial charge is 0.447 e. The molecule has 0 aliphatic carbocycles. The quantitative estimate of drug-likeness (QED) is 0.873. The molecule has 114 valence electrons. The normalized spacial score (nSPS) is 13.0. The highest BCUT2D eigenvalue weighted by Crippen LogP contribution is 2.27. The zero-order valence-electron chi connectivity index (χ0n) is 12.4. The van der Waals surface area contributed by atoms with Crippen molar-refractivity contribution < 1.29 is 18.6 Å². The summed E-state index contributed by atoms with van der Waals surface area (Å²) in [6, 6.07) is 10.0. The van der Waals surface area contributed by atoms with Crippen LogP contribution in [0.3, 0.4) is 0 Å². The van der Waals surface area contributed by atoms with Gasteiger partial charge in [-0.3, -0.25) is 0 Å². The lowest BCUT2D eigenvalue weighted by Crippen LogP contribution is -2.18. The Bertz CT molecular complexity index is 710. The van der Waals surface area contributed by atoms with E-state index in [-0.39, 0.29) is 0 Å². The van der Waals surface area contributed by atoms with Crippen LogP contribution in [-0.4, -0.2) is 11.7 Å². The molecule has 0 aliphatic heterocycles. The summed E-state index contributed by atoms with van der Waals surface area (Å²) in [4.78, 5) is 0. The van der Waals surface area contributed by atoms with E-state index in [0.29, 0.717) is 23.3 Å². The molecular formula is C18H16F2O2. The molecular weight excluding hydrogens is 286 g/mol. The predicted octanol–water partition coefficient (Wildman–Crippen LogP) is 3.84. The highest BCUT2D eigenvalue weighted by Gasteiger charge is 2.20. The lowest BCUT2D eigenvalue weighted by atomic mass is 9.94. The van der Waals surface area contributed by atoms with Crippen molar-refractivity contribution in [1.82, 2.24) is 0 Å². The number of hydrogen-bond acceptors (Lipinski definition) is 2. The van der Waals surface area contributed by atoms with Gasteiger partial charge in [0, 0.05) is 11.6 Å². The molecule has 0 fully saturated rings. The van der Waals surface area contributed by atoms with Crippen LogP contribution in [-0.2, 0) is 10.3 Å². The van der Waals surface area contributed by atoms with E-state index in [4.69, 9.17) is 4.74 Å². The Balaban J connectivity index is 2.29. The van der Waals surface area contributed by atoms with Gasteiger partial charge in [-0.15, -0.1) is 0 Å². The molecule has 0 saturated carbocycles. The molecule has 2 aromatic carbocycles. The summed E-state index contributed by atoms with van der Waals surface area (Å²) in [5.41, 5.74) is 0.0865. The van der Waals surface area contributed by atoms with Gasteiger partial charge in [0.15, 0.2) is 5.60 Å². The minimum atomic E-state index is -1.37. The maximum Gasteiger partial charge on any atom is 0.151 e. The molecule has 2 rings (SSSR count). The second-order valence-electron chi connectivity index (χ2n) is 4.93. The molecule has 0 heterocycles. The molecule has 0 saturated heterocycles. The summed E-state index contributed by atoms with van der Waals surface area (Å²) in [6.45, 7) is 3.79. The van der Waals surface area contributed by atoms with Crippen molar-refractivity contribution in [3.63, 3.8) is 0 Å². The molecule has 1 atom stereocenters. The van der Waals surface area contributed by atoms with Crippen LogP contribution < -0.4 is 0 Å². The third-order valence-electron chi connectivity index (χ3n) is 3.20. The number of aliphatic hydroxyl groups is 1. The standard InChI is InChI=1S/C18H16F2O2/c1-3-22-11-10-18(2,21)14-6-4-13(5-7-14)16-9-8-15(19)12-17(16)20/h4-9,12,21H,3H2,1-2H3. The van der Waals surface area contributed by atoms with E-state index in [1.165, 1.54) is 12.1 Å².